The van der Waals surface area contributed by atoms with E-state index in [9.17, 15) is 18.0 Å². The van der Waals surface area contributed by atoms with Crippen molar-refractivity contribution >= 4 is 49.2 Å². The van der Waals surface area contributed by atoms with Crippen molar-refractivity contribution in [1.29, 1.82) is 0 Å². The standard InChI is InChI=1S/C22H16BrF3N4O2/c23-15-6-13(19(27)12-5-10(24)8-28-20(12)15)22(31)11-7-16(25)18(26)21-14(11)9-29-30(21)17-3-1-2-4-32-17/h5-9,17H,1-4,27H2. The van der Waals surface area contributed by atoms with Crippen molar-refractivity contribution in [3.8, 4) is 0 Å². The number of carbonyl (C=O) groups is 1. The summed E-state index contributed by atoms with van der Waals surface area (Å²) in [6.45, 7) is 0.487. The minimum atomic E-state index is -1.19. The molecule has 2 aromatic carbocycles. The van der Waals surface area contributed by atoms with Crippen molar-refractivity contribution in [3.05, 3.63) is 63.6 Å². The number of nitrogen functional groups attached to an aromatic ring is 1. The monoisotopic (exact) mass is 504 g/mol. The van der Waals surface area contributed by atoms with Crippen LogP contribution in [0.4, 0.5) is 18.9 Å². The second kappa shape index (κ2) is 7.86. The summed E-state index contributed by atoms with van der Waals surface area (Å²) in [4.78, 5) is 17.4. The maximum absolute atomic E-state index is 14.8. The Morgan fingerprint density at radius 3 is 2.69 bits per heavy atom. The second-order valence-electron chi connectivity index (χ2n) is 7.59. The van der Waals surface area contributed by atoms with Crippen LogP contribution in [0.2, 0.25) is 0 Å². The lowest BCUT2D eigenvalue weighted by Gasteiger charge is -2.23. The zero-order valence-corrected chi connectivity index (χ0v) is 18.1. The molecule has 1 fully saturated rings. The molecule has 0 aliphatic carbocycles. The molecule has 5 rings (SSSR count). The highest BCUT2D eigenvalue weighted by Gasteiger charge is 2.27. The van der Waals surface area contributed by atoms with Gasteiger partial charge in [0.1, 0.15) is 11.3 Å². The molecule has 1 aliphatic rings. The number of carbonyl (C=O) groups excluding carboxylic acids is 1. The normalized spacial score (nSPS) is 16.7. The summed E-state index contributed by atoms with van der Waals surface area (Å²) in [5.41, 5.74) is 6.28. The molecule has 1 saturated heterocycles. The van der Waals surface area contributed by atoms with E-state index in [-0.39, 0.29) is 33.1 Å². The van der Waals surface area contributed by atoms with Crippen molar-refractivity contribution < 1.29 is 22.7 Å². The Morgan fingerprint density at radius 1 is 1.12 bits per heavy atom. The lowest BCUT2D eigenvalue weighted by atomic mass is 9.96. The summed E-state index contributed by atoms with van der Waals surface area (Å²) in [5.74, 6) is -3.57. The van der Waals surface area contributed by atoms with Gasteiger partial charge in [0, 0.05) is 33.0 Å². The number of ketones is 1. The number of benzene rings is 2. The molecule has 1 aliphatic heterocycles. The molecule has 0 saturated carbocycles. The van der Waals surface area contributed by atoms with Crippen molar-refractivity contribution in [1.82, 2.24) is 14.8 Å². The first-order chi connectivity index (χ1) is 15.4. The molecule has 4 aromatic rings. The lowest BCUT2D eigenvalue weighted by molar-refractivity contribution is -0.0369. The molecule has 1 atom stereocenters. The van der Waals surface area contributed by atoms with Gasteiger partial charge < -0.3 is 10.5 Å². The van der Waals surface area contributed by atoms with Gasteiger partial charge >= 0.3 is 0 Å². The summed E-state index contributed by atoms with van der Waals surface area (Å²) in [5, 5.41) is 4.56. The third-order valence-electron chi connectivity index (χ3n) is 5.62. The average Bonchev–Trinajstić information content (AvgIpc) is 3.24. The third kappa shape index (κ3) is 3.25. The molecule has 2 N–H and O–H groups in total. The van der Waals surface area contributed by atoms with Gasteiger partial charge in [-0.15, -0.1) is 0 Å². The van der Waals surface area contributed by atoms with Crippen LogP contribution in [-0.4, -0.2) is 27.2 Å². The number of pyridine rings is 1. The van der Waals surface area contributed by atoms with E-state index in [1.54, 1.807) is 0 Å². The number of halogens is 4. The fourth-order valence-corrected chi connectivity index (χ4v) is 4.61. The number of aromatic nitrogens is 3. The maximum atomic E-state index is 14.8. The van der Waals surface area contributed by atoms with E-state index in [4.69, 9.17) is 10.5 Å². The van der Waals surface area contributed by atoms with Crippen LogP contribution >= 0.6 is 15.9 Å². The van der Waals surface area contributed by atoms with Gasteiger partial charge in [-0.3, -0.25) is 9.78 Å². The van der Waals surface area contributed by atoms with E-state index in [2.05, 4.69) is 26.0 Å². The topological polar surface area (TPSA) is 83.0 Å². The summed E-state index contributed by atoms with van der Waals surface area (Å²) in [6.07, 6.45) is 4.14. The van der Waals surface area contributed by atoms with E-state index < -0.39 is 29.5 Å². The lowest BCUT2D eigenvalue weighted by Crippen LogP contribution is -2.19. The van der Waals surface area contributed by atoms with Gasteiger partial charge in [0.15, 0.2) is 23.6 Å². The number of hydrogen-bond donors (Lipinski definition) is 1. The molecule has 6 nitrogen and oxygen atoms in total. The van der Waals surface area contributed by atoms with Crippen LogP contribution in [0.5, 0.6) is 0 Å². The van der Waals surface area contributed by atoms with Crippen molar-refractivity contribution in [3.63, 3.8) is 0 Å². The minimum absolute atomic E-state index is 0.00532. The highest BCUT2D eigenvalue weighted by atomic mass is 79.9. The first-order valence-electron chi connectivity index (χ1n) is 9.91. The predicted molar refractivity (Wildman–Crippen MR) is 116 cm³/mol. The molecule has 0 radical (unpaired) electrons. The number of nitrogens with zero attached hydrogens (tertiary/aromatic N) is 3. The molecule has 32 heavy (non-hydrogen) atoms. The minimum Gasteiger partial charge on any atom is -0.398 e. The van der Waals surface area contributed by atoms with Gasteiger partial charge in [0.05, 0.1) is 23.6 Å². The van der Waals surface area contributed by atoms with E-state index in [1.807, 2.05) is 0 Å². The average molecular weight is 505 g/mol. The Kier molecular flexibility index (Phi) is 5.13. The van der Waals surface area contributed by atoms with Gasteiger partial charge in [-0.05, 0) is 53.4 Å². The van der Waals surface area contributed by atoms with Crippen molar-refractivity contribution in [2.45, 2.75) is 25.5 Å². The highest BCUT2D eigenvalue weighted by molar-refractivity contribution is 9.10. The molecule has 164 valence electrons. The van der Waals surface area contributed by atoms with Crippen LogP contribution in [-0.2, 0) is 4.74 Å². The van der Waals surface area contributed by atoms with Gasteiger partial charge in [-0.1, -0.05) is 0 Å². The van der Waals surface area contributed by atoms with Gasteiger partial charge in [-0.25, -0.2) is 17.9 Å². The molecule has 2 aromatic heterocycles. The zero-order chi connectivity index (χ0) is 22.6. The fraction of sp³-hybridized carbons (Fsp3) is 0.227. The first-order valence-corrected chi connectivity index (χ1v) is 10.7. The van der Waals surface area contributed by atoms with E-state index in [0.717, 1.165) is 25.1 Å². The number of fused-ring (bicyclic) bond motifs is 2. The number of hydrogen-bond acceptors (Lipinski definition) is 5. The maximum Gasteiger partial charge on any atom is 0.196 e. The van der Waals surface area contributed by atoms with Crippen LogP contribution in [0, 0.1) is 17.5 Å². The number of anilines is 1. The molecule has 10 heteroatoms. The highest BCUT2D eigenvalue weighted by Crippen LogP contribution is 2.35. The van der Waals surface area contributed by atoms with Gasteiger partial charge in [-0.2, -0.15) is 5.10 Å². The van der Waals surface area contributed by atoms with Crippen LogP contribution < -0.4 is 5.73 Å². The van der Waals surface area contributed by atoms with Crippen molar-refractivity contribution in [2.75, 3.05) is 12.3 Å². The number of ether oxygens (including phenoxy) is 1. The molecule has 0 amide bonds. The SMILES string of the molecule is Nc1c(C(=O)c2cc(F)c(F)c3c2cnn3C2CCCCO2)cc(Br)c2ncc(F)cc12. The molecular weight excluding hydrogens is 489 g/mol. The molecule has 0 bridgehead atoms. The third-order valence-corrected chi connectivity index (χ3v) is 6.23. The van der Waals surface area contributed by atoms with Gasteiger partial charge in [0.2, 0.25) is 0 Å². The smallest absolute Gasteiger partial charge is 0.196 e. The molecule has 1 unspecified atom stereocenters. The Hall–Kier alpha value is -2.98. The Labute approximate surface area is 188 Å². The zero-order valence-electron chi connectivity index (χ0n) is 16.5. The molecular formula is C22H16BrF3N4O2. The summed E-state index contributed by atoms with van der Waals surface area (Å²) in [7, 11) is 0. The quantitative estimate of drug-likeness (QED) is 0.303. The summed E-state index contributed by atoms with van der Waals surface area (Å²) >= 11 is 3.32. The molecule has 3 heterocycles. The predicted octanol–water partition coefficient (Wildman–Crippen LogP) is 5.28. The number of rotatable bonds is 3. The second-order valence-corrected chi connectivity index (χ2v) is 8.45. The van der Waals surface area contributed by atoms with Crippen LogP contribution in [0.15, 0.2) is 35.1 Å². The summed E-state index contributed by atoms with van der Waals surface area (Å²) < 4.78 is 50.5. The van der Waals surface area contributed by atoms with E-state index >= 15 is 0 Å². The van der Waals surface area contributed by atoms with Crippen LogP contribution in [0.3, 0.4) is 0 Å². The fourth-order valence-electron chi connectivity index (χ4n) is 4.07. The largest absolute Gasteiger partial charge is 0.398 e. The van der Waals surface area contributed by atoms with Gasteiger partial charge in [0.25, 0.3) is 0 Å². The first kappa shape index (κ1) is 20.9. The van der Waals surface area contributed by atoms with Crippen LogP contribution in [0.25, 0.3) is 21.8 Å². The van der Waals surface area contributed by atoms with Crippen molar-refractivity contribution in [2.24, 2.45) is 0 Å². The van der Waals surface area contributed by atoms with E-state index in [0.29, 0.717) is 23.0 Å². The Balaban J connectivity index is 1.70. The summed E-state index contributed by atoms with van der Waals surface area (Å²) in [6, 6.07) is 3.43. The Bertz CT molecular complexity index is 1400. The Morgan fingerprint density at radius 2 is 1.94 bits per heavy atom. The van der Waals surface area contributed by atoms with Crippen LogP contribution in [0.1, 0.15) is 41.4 Å². The molecule has 0 spiro atoms. The number of nitrogens with two attached hydrogens (primary N) is 1. The van der Waals surface area contributed by atoms with E-state index in [1.165, 1.54) is 23.0 Å².